The van der Waals surface area contributed by atoms with Crippen molar-refractivity contribution in [2.24, 2.45) is 0 Å². The van der Waals surface area contributed by atoms with Gasteiger partial charge in [-0.25, -0.2) is 17.2 Å². The maximum absolute atomic E-state index is 12.4. The first-order chi connectivity index (χ1) is 9.82. The Labute approximate surface area is 125 Å². The molecule has 0 saturated heterocycles. The van der Waals surface area contributed by atoms with Crippen LogP contribution in [0.3, 0.4) is 0 Å². The summed E-state index contributed by atoms with van der Waals surface area (Å²) in [6.45, 7) is 5.16. The molecule has 0 radical (unpaired) electrons. The third kappa shape index (κ3) is 4.76. The number of aromatic nitrogens is 1. The van der Waals surface area contributed by atoms with Crippen LogP contribution in [0.1, 0.15) is 26.0 Å². The molecule has 1 aromatic heterocycles. The molecule has 0 bridgehead atoms. The standard InChI is InChI=1S/C13H23F2N3O2S/c1-4-6-18-9-12(7-11(18)8-16-5-2)21(19,20)17(3)10-13(14)15/h7,9,13,16H,4-6,8,10H2,1-3H3. The second-order valence-electron chi connectivity index (χ2n) is 4.82. The smallest absolute Gasteiger partial charge is 0.252 e. The molecule has 21 heavy (non-hydrogen) atoms. The normalized spacial score (nSPS) is 12.5. The molecule has 8 heteroatoms. The van der Waals surface area contributed by atoms with Crippen LogP contribution in [-0.2, 0) is 23.1 Å². The number of hydrogen-bond donors (Lipinski definition) is 1. The summed E-state index contributed by atoms with van der Waals surface area (Å²) in [4.78, 5) is 0.0620. The third-order valence-corrected chi connectivity index (χ3v) is 4.87. The van der Waals surface area contributed by atoms with Gasteiger partial charge in [0.1, 0.15) is 4.90 Å². The Morgan fingerprint density at radius 3 is 2.57 bits per heavy atom. The van der Waals surface area contributed by atoms with E-state index in [1.54, 1.807) is 6.07 Å². The Bertz CT molecular complexity index is 544. The lowest BCUT2D eigenvalue weighted by Gasteiger charge is -2.15. The molecule has 0 unspecified atom stereocenters. The van der Waals surface area contributed by atoms with Crippen LogP contribution in [0.25, 0.3) is 0 Å². The topological polar surface area (TPSA) is 54.3 Å². The molecule has 1 aromatic rings. The van der Waals surface area contributed by atoms with Crippen molar-refractivity contribution in [2.75, 3.05) is 20.1 Å². The first kappa shape index (κ1) is 18.1. The first-order valence-corrected chi connectivity index (χ1v) is 8.41. The molecular weight excluding hydrogens is 300 g/mol. The minimum Gasteiger partial charge on any atom is -0.349 e. The van der Waals surface area contributed by atoms with Crippen molar-refractivity contribution in [2.45, 2.75) is 44.7 Å². The third-order valence-electron chi connectivity index (χ3n) is 3.08. The van der Waals surface area contributed by atoms with E-state index in [0.29, 0.717) is 17.4 Å². The van der Waals surface area contributed by atoms with E-state index >= 15 is 0 Å². The second-order valence-corrected chi connectivity index (χ2v) is 6.86. The van der Waals surface area contributed by atoms with Gasteiger partial charge in [0.05, 0.1) is 6.54 Å². The van der Waals surface area contributed by atoms with Gasteiger partial charge in [0.2, 0.25) is 10.0 Å². The highest BCUT2D eigenvalue weighted by Gasteiger charge is 2.25. The van der Waals surface area contributed by atoms with Gasteiger partial charge >= 0.3 is 0 Å². The molecule has 0 saturated carbocycles. The van der Waals surface area contributed by atoms with Crippen LogP contribution in [0.5, 0.6) is 0 Å². The number of aryl methyl sites for hydroxylation is 1. The molecule has 0 amide bonds. The van der Waals surface area contributed by atoms with Gasteiger partial charge in [-0.05, 0) is 19.0 Å². The summed E-state index contributed by atoms with van der Waals surface area (Å²) < 4.78 is 51.9. The fourth-order valence-electron chi connectivity index (χ4n) is 1.99. The van der Waals surface area contributed by atoms with Gasteiger partial charge in [-0.1, -0.05) is 13.8 Å². The van der Waals surface area contributed by atoms with Crippen LogP contribution in [0.2, 0.25) is 0 Å². The Morgan fingerprint density at radius 1 is 1.38 bits per heavy atom. The summed E-state index contributed by atoms with van der Waals surface area (Å²) in [7, 11) is -2.71. The highest BCUT2D eigenvalue weighted by atomic mass is 32.2. The molecule has 122 valence electrons. The summed E-state index contributed by atoms with van der Waals surface area (Å²) >= 11 is 0. The van der Waals surface area contributed by atoms with Gasteiger partial charge in [-0.2, -0.15) is 4.31 Å². The van der Waals surface area contributed by atoms with Crippen LogP contribution >= 0.6 is 0 Å². The molecule has 0 aliphatic carbocycles. The Hall–Kier alpha value is -0.990. The first-order valence-electron chi connectivity index (χ1n) is 6.97. The zero-order valence-electron chi connectivity index (χ0n) is 12.6. The van der Waals surface area contributed by atoms with E-state index in [1.807, 2.05) is 18.4 Å². The van der Waals surface area contributed by atoms with E-state index in [4.69, 9.17) is 0 Å². The van der Waals surface area contributed by atoms with Crippen LogP contribution in [0.15, 0.2) is 17.2 Å². The summed E-state index contributed by atoms with van der Waals surface area (Å²) in [5, 5.41) is 3.14. The minimum atomic E-state index is -3.87. The largest absolute Gasteiger partial charge is 0.349 e. The molecule has 0 aliphatic heterocycles. The van der Waals surface area contributed by atoms with E-state index in [0.717, 1.165) is 18.7 Å². The maximum Gasteiger partial charge on any atom is 0.252 e. The lowest BCUT2D eigenvalue weighted by molar-refractivity contribution is 0.126. The van der Waals surface area contributed by atoms with Crippen molar-refractivity contribution >= 4 is 10.0 Å². The number of nitrogens with one attached hydrogen (secondary N) is 1. The lowest BCUT2D eigenvalue weighted by Crippen LogP contribution is -2.31. The van der Waals surface area contributed by atoms with Crippen molar-refractivity contribution in [1.29, 1.82) is 0 Å². The Balaban J connectivity index is 3.06. The van der Waals surface area contributed by atoms with Gasteiger partial charge in [0, 0.05) is 32.0 Å². The molecule has 1 N–H and O–H groups in total. The summed E-state index contributed by atoms with van der Waals surface area (Å²) in [5.41, 5.74) is 0.836. The minimum absolute atomic E-state index is 0.0620. The van der Waals surface area contributed by atoms with E-state index in [-0.39, 0.29) is 4.90 Å². The highest BCUT2D eigenvalue weighted by Crippen LogP contribution is 2.19. The molecule has 0 spiro atoms. The maximum atomic E-state index is 12.4. The van der Waals surface area contributed by atoms with Gasteiger partial charge in [0.25, 0.3) is 6.43 Å². The van der Waals surface area contributed by atoms with Crippen molar-refractivity contribution in [3.8, 4) is 0 Å². The molecule has 5 nitrogen and oxygen atoms in total. The van der Waals surface area contributed by atoms with Crippen LogP contribution in [0.4, 0.5) is 8.78 Å². The molecule has 1 heterocycles. The summed E-state index contributed by atoms with van der Waals surface area (Å²) in [6.07, 6.45) is -0.308. The van der Waals surface area contributed by atoms with E-state index in [2.05, 4.69) is 5.32 Å². The number of alkyl halides is 2. The molecule has 1 rings (SSSR count). The second kappa shape index (κ2) is 7.86. The Kier molecular flexibility index (Phi) is 6.76. The number of halogens is 2. The Morgan fingerprint density at radius 2 is 2.05 bits per heavy atom. The SMILES string of the molecule is CCCn1cc(S(=O)(=O)N(C)CC(F)F)cc1CNCC. The lowest BCUT2D eigenvalue weighted by atomic mass is 10.4. The molecule has 0 aromatic carbocycles. The zero-order chi connectivity index (χ0) is 16.0. The zero-order valence-corrected chi connectivity index (χ0v) is 13.5. The van der Waals surface area contributed by atoms with Crippen molar-refractivity contribution < 1.29 is 17.2 Å². The predicted molar refractivity (Wildman–Crippen MR) is 77.9 cm³/mol. The summed E-state index contributed by atoms with van der Waals surface area (Å²) in [6, 6.07) is 1.55. The van der Waals surface area contributed by atoms with Gasteiger partial charge in [-0.15, -0.1) is 0 Å². The van der Waals surface area contributed by atoms with E-state index in [9.17, 15) is 17.2 Å². The van der Waals surface area contributed by atoms with Gasteiger partial charge < -0.3 is 9.88 Å². The predicted octanol–water partition coefficient (Wildman–Crippen LogP) is 1.89. The fourth-order valence-corrected chi connectivity index (χ4v) is 3.20. The van der Waals surface area contributed by atoms with Crippen molar-refractivity contribution in [3.63, 3.8) is 0 Å². The monoisotopic (exact) mass is 323 g/mol. The van der Waals surface area contributed by atoms with E-state index < -0.39 is 23.0 Å². The summed E-state index contributed by atoms with van der Waals surface area (Å²) in [5.74, 6) is 0. The molecule has 0 atom stereocenters. The number of nitrogens with zero attached hydrogens (tertiary/aromatic N) is 2. The van der Waals surface area contributed by atoms with Crippen molar-refractivity contribution in [3.05, 3.63) is 18.0 Å². The average Bonchev–Trinajstić information content (AvgIpc) is 2.80. The molecular formula is C13H23F2N3O2S. The number of sulfonamides is 1. The van der Waals surface area contributed by atoms with E-state index in [1.165, 1.54) is 13.2 Å². The molecule has 0 aliphatic rings. The van der Waals surface area contributed by atoms with Crippen LogP contribution < -0.4 is 5.32 Å². The van der Waals surface area contributed by atoms with Crippen LogP contribution in [-0.4, -0.2) is 43.9 Å². The van der Waals surface area contributed by atoms with Gasteiger partial charge in [-0.3, -0.25) is 0 Å². The number of hydrogen-bond acceptors (Lipinski definition) is 3. The fraction of sp³-hybridized carbons (Fsp3) is 0.692. The van der Waals surface area contributed by atoms with Gasteiger partial charge in [0.15, 0.2) is 0 Å². The number of rotatable bonds is 9. The van der Waals surface area contributed by atoms with Crippen LogP contribution in [0, 0.1) is 0 Å². The quantitative estimate of drug-likeness (QED) is 0.755. The molecule has 0 fully saturated rings. The van der Waals surface area contributed by atoms with Crippen molar-refractivity contribution in [1.82, 2.24) is 14.2 Å². The highest BCUT2D eigenvalue weighted by molar-refractivity contribution is 7.89. The average molecular weight is 323 g/mol.